The first-order valence-electron chi connectivity index (χ1n) is 10.5. The molecule has 0 aliphatic carbocycles. The third-order valence-electron chi connectivity index (χ3n) is 5.05. The minimum atomic E-state index is 0. The molecule has 6 nitrogen and oxygen atoms in total. The highest BCUT2D eigenvalue weighted by Gasteiger charge is 2.20. The maximum absolute atomic E-state index is 12.6. The standard InChI is InChI=1S/C22H36N4O2.HI/c1-5-23-22(24-13-11-20(17(3)4)28-6-2)25-15-21(27)26-14-12-18-9-7-8-10-19(18)16-26;/h7-10,17,20H,5-6,11-16H2,1-4H3,(H2,23,24,25);1H. The molecule has 0 aromatic heterocycles. The zero-order valence-corrected chi connectivity index (χ0v) is 20.6. The number of carbonyl (C=O) groups is 1. The Labute approximate surface area is 192 Å². The number of nitrogens with one attached hydrogen (secondary N) is 2. The number of ether oxygens (including phenoxy) is 1. The van der Waals surface area contributed by atoms with Crippen molar-refractivity contribution in [2.24, 2.45) is 10.9 Å². The Morgan fingerprint density at radius 3 is 2.59 bits per heavy atom. The van der Waals surface area contributed by atoms with Crippen molar-refractivity contribution in [1.82, 2.24) is 15.5 Å². The topological polar surface area (TPSA) is 66.0 Å². The number of nitrogens with zero attached hydrogens (tertiary/aromatic N) is 2. The van der Waals surface area contributed by atoms with Crippen LogP contribution in [0.5, 0.6) is 0 Å². The average Bonchev–Trinajstić information content (AvgIpc) is 2.70. The van der Waals surface area contributed by atoms with Crippen molar-refractivity contribution in [3.05, 3.63) is 35.4 Å². The quantitative estimate of drug-likeness (QED) is 0.301. The molecular weight excluding hydrogens is 479 g/mol. The fraction of sp³-hybridized carbons (Fsp3) is 0.636. The summed E-state index contributed by atoms with van der Waals surface area (Å²) < 4.78 is 5.79. The van der Waals surface area contributed by atoms with Crippen LogP contribution in [0.3, 0.4) is 0 Å². The molecule has 0 saturated carbocycles. The van der Waals surface area contributed by atoms with E-state index in [1.54, 1.807) is 0 Å². The monoisotopic (exact) mass is 516 g/mol. The molecule has 1 aliphatic rings. The average molecular weight is 516 g/mol. The summed E-state index contributed by atoms with van der Waals surface area (Å²) in [4.78, 5) is 19.0. The van der Waals surface area contributed by atoms with Gasteiger partial charge in [0.05, 0.1) is 6.10 Å². The summed E-state index contributed by atoms with van der Waals surface area (Å²) in [5, 5.41) is 6.55. The maximum Gasteiger partial charge on any atom is 0.244 e. The summed E-state index contributed by atoms with van der Waals surface area (Å²) in [7, 11) is 0. The lowest BCUT2D eigenvalue weighted by molar-refractivity contribution is -0.130. The summed E-state index contributed by atoms with van der Waals surface area (Å²) in [6.45, 7) is 12.3. The van der Waals surface area contributed by atoms with Gasteiger partial charge in [-0.05, 0) is 43.7 Å². The third-order valence-corrected chi connectivity index (χ3v) is 5.05. The van der Waals surface area contributed by atoms with E-state index in [-0.39, 0.29) is 42.5 Å². The van der Waals surface area contributed by atoms with Gasteiger partial charge in [-0.15, -0.1) is 24.0 Å². The number of hydrogen-bond acceptors (Lipinski definition) is 3. The summed E-state index contributed by atoms with van der Waals surface area (Å²) in [6, 6.07) is 8.34. The van der Waals surface area contributed by atoms with Gasteiger partial charge in [0.15, 0.2) is 5.96 Å². The van der Waals surface area contributed by atoms with Crippen LogP contribution in [-0.2, 0) is 22.5 Å². The van der Waals surface area contributed by atoms with Crippen LogP contribution in [0.4, 0.5) is 0 Å². The molecule has 2 rings (SSSR count). The molecule has 2 N–H and O–H groups in total. The highest BCUT2D eigenvalue weighted by atomic mass is 127. The van der Waals surface area contributed by atoms with Crippen LogP contribution in [0.2, 0.25) is 0 Å². The molecule has 1 aromatic carbocycles. The van der Waals surface area contributed by atoms with Crippen LogP contribution in [0.15, 0.2) is 29.3 Å². The predicted octanol–water partition coefficient (Wildman–Crippen LogP) is 3.20. The molecular formula is C22H37IN4O2. The summed E-state index contributed by atoms with van der Waals surface area (Å²) in [6.07, 6.45) is 2.06. The van der Waals surface area contributed by atoms with Crippen LogP contribution >= 0.6 is 24.0 Å². The number of aliphatic imine (C=N–C) groups is 1. The lowest BCUT2D eigenvalue weighted by atomic mass is 10.00. The molecule has 1 atom stereocenters. The molecule has 1 aliphatic heterocycles. The van der Waals surface area contributed by atoms with E-state index in [0.29, 0.717) is 18.4 Å². The Morgan fingerprint density at radius 1 is 1.21 bits per heavy atom. The molecule has 0 bridgehead atoms. The van der Waals surface area contributed by atoms with Crippen LogP contribution < -0.4 is 10.6 Å². The molecule has 1 amide bonds. The number of fused-ring (bicyclic) bond motifs is 1. The molecule has 164 valence electrons. The Kier molecular flexibility index (Phi) is 12.2. The second kappa shape index (κ2) is 13.8. The van der Waals surface area contributed by atoms with Gasteiger partial charge in [0, 0.05) is 32.8 Å². The zero-order chi connectivity index (χ0) is 20.4. The van der Waals surface area contributed by atoms with E-state index in [9.17, 15) is 4.79 Å². The lowest BCUT2D eigenvalue weighted by Crippen LogP contribution is -2.41. The second-order valence-corrected chi connectivity index (χ2v) is 7.48. The first-order valence-corrected chi connectivity index (χ1v) is 10.5. The number of halogens is 1. The molecule has 7 heteroatoms. The van der Waals surface area contributed by atoms with Crippen molar-refractivity contribution in [2.45, 2.75) is 53.2 Å². The Balaban J connectivity index is 0.00000420. The number of rotatable bonds is 9. The summed E-state index contributed by atoms with van der Waals surface area (Å²) in [5.41, 5.74) is 2.59. The number of guanidine groups is 1. The molecule has 0 spiro atoms. The normalized spacial score (nSPS) is 14.8. The van der Waals surface area contributed by atoms with Gasteiger partial charge in [-0.3, -0.25) is 4.79 Å². The molecule has 0 fully saturated rings. The molecule has 1 heterocycles. The van der Waals surface area contributed by atoms with E-state index in [1.165, 1.54) is 11.1 Å². The van der Waals surface area contributed by atoms with Crippen LogP contribution in [0.1, 0.15) is 45.2 Å². The number of benzene rings is 1. The lowest BCUT2D eigenvalue weighted by Gasteiger charge is -2.28. The van der Waals surface area contributed by atoms with E-state index < -0.39 is 0 Å². The smallest absolute Gasteiger partial charge is 0.244 e. The molecule has 0 radical (unpaired) electrons. The number of amides is 1. The van der Waals surface area contributed by atoms with Crippen LogP contribution in [0, 0.1) is 5.92 Å². The Bertz CT molecular complexity index is 651. The van der Waals surface area contributed by atoms with E-state index in [2.05, 4.69) is 47.7 Å². The summed E-state index contributed by atoms with van der Waals surface area (Å²) >= 11 is 0. The van der Waals surface area contributed by atoms with Gasteiger partial charge in [-0.1, -0.05) is 38.1 Å². The van der Waals surface area contributed by atoms with Crippen LogP contribution in [0.25, 0.3) is 0 Å². The third kappa shape index (κ3) is 8.50. The molecule has 1 unspecified atom stereocenters. The van der Waals surface area contributed by atoms with Gasteiger partial charge in [-0.25, -0.2) is 4.99 Å². The van der Waals surface area contributed by atoms with E-state index in [4.69, 9.17) is 4.74 Å². The van der Waals surface area contributed by atoms with Gasteiger partial charge in [-0.2, -0.15) is 0 Å². The molecule has 0 saturated heterocycles. The van der Waals surface area contributed by atoms with Gasteiger partial charge in [0.1, 0.15) is 6.54 Å². The van der Waals surface area contributed by atoms with Gasteiger partial charge < -0.3 is 20.3 Å². The van der Waals surface area contributed by atoms with Crippen molar-refractivity contribution >= 4 is 35.8 Å². The number of carbonyl (C=O) groups excluding carboxylic acids is 1. The zero-order valence-electron chi connectivity index (χ0n) is 18.2. The fourth-order valence-corrected chi connectivity index (χ4v) is 3.45. The largest absolute Gasteiger partial charge is 0.378 e. The molecule has 1 aromatic rings. The maximum atomic E-state index is 12.6. The minimum absolute atomic E-state index is 0. The van der Waals surface area contributed by atoms with Crippen molar-refractivity contribution in [3.63, 3.8) is 0 Å². The van der Waals surface area contributed by atoms with Gasteiger partial charge in [0.25, 0.3) is 0 Å². The Morgan fingerprint density at radius 2 is 1.93 bits per heavy atom. The first-order chi connectivity index (χ1) is 13.5. The van der Waals surface area contributed by atoms with E-state index in [0.717, 1.165) is 39.1 Å². The van der Waals surface area contributed by atoms with Crippen molar-refractivity contribution in [2.75, 3.05) is 32.8 Å². The second-order valence-electron chi connectivity index (χ2n) is 7.48. The predicted molar refractivity (Wildman–Crippen MR) is 130 cm³/mol. The highest BCUT2D eigenvalue weighted by molar-refractivity contribution is 14.0. The van der Waals surface area contributed by atoms with Crippen molar-refractivity contribution in [3.8, 4) is 0 Å². The molecule has 29 heavy (non-hydrogen) atoms. The van der Waals surface area contributed by atoms with Gasteiger partial charge >= 0.3 is 0 Å². The fourth-order valence-electron chi connectivity index (χ4n) is 3.45. The van der Waals surface area contributed by atoms with Gasteiger partial charge in [0.2, 0.25) is 5.91 Å². The Hall–Kier alpha value is -1.35. The van der Waals surface area contributed by atoms with Crippen LogP contribution in [-0.4, -0.2) is 55.7 Å². The SMILES string of the molecule is CCNC(=NCC(=O)N1CCc2ccccc2C1)NCCC(OCC)C(C)C.I. The van der Waals surface area contributed by atoms with Crippen molar-refractivity contribution in [1.29, 1.82) is 0 Å². The highest BCUT2D eigenvalue weighted by Crippen LogP contribution is 2.18. The summed E-state index contributed by atoms with van der Waals surface area (Å²) in [5.74, 6) is 1.23. The van der Waals surface area contributed by atoms with E-state index >= 15 is 0 Å². The first kappa shape index (κ1) is 25.7. The van der Waals surface area contributed by atoms with Crippen molar-refractivity contribution < 1.29 is 9.53 Å². The minimum Gasteiger partial charge on any atom is -0.378 e. The van der Waals surface area contributed by atoms with E-state index in [1.807, 2.05) is 24.8 Å². The number of hydrogen-bond donors (Lipinski definition) is 2.